The summed E-state index contributed by atoms with van der Waals surface area (Å²) in [6.07, 6.45) is 1.41. The average Bonchev–Trinajstić information content (AvgIpc) is 2.98. The Bertz CT molecular complexity index is 1020. The number of aromatic nitrogens is 3. The van der Waals surface area contributed by atoms with Crippen molar-refractivity contribution in [2.24, 2.45) is 0 Å². The summed E-state index contributed by atoms with van der Waals surface area (Å²) in [7, 11) is 0. The van der Waals surface area contributed by atoms with Gasteiger partial charge in [0.05, 0.1) is 9.95 Å². The SMILES string of the molecule is Cc1cccc([N+](=O)[O-])c1CC(=O)c1cc(Br)nn1-c1ncccc1Cl. The van der Waals surface area contributed by atoms with Gasteiger partial charge in [-0.1, -0.05) is 23.7 Å². The van der Waals surface area contributed by atoms with Crippen LogP contribution in [0.3, 0.4) is 0 Å². The molecule has 0 aliphatic carbocycles. The van der Waals surface area contributed by atoms with E-state index in [9.17, 15) is 14.9 Å². The summed E-state index contributed by atoms with van der Waals surface area (Å²) in [6, 6.07) is 9.56. The first-order valence-corrected chi connectivity index (χ1v) is 8.68. The molecular formula is C17H12BrClN4O3. The first kappa shape index (κ1) is 18.2. The third-order valence-electron chi connectivity index (χ3n) is 3.82. The highest BCUT2D eigenvalue weighted by Crippen LogP contribution is 2.26. The minimum atomic E-state index is -0.488. The molecule has 0 N–H and O–H groups in total. The second-order valence-electron chi connectivity index (χ2n) is 5.50. The predicted molar refractivity (Wildman–Crippen MR) is 99.9 cm³/mol. The second kappa shape index (κ2) is 7.35. The van der Waals surface area contributed by atoms with E-state index in [1.807, 2.05) is 0 Å². The third-order valence-corrected chi connectivity index (χ3v) is 4.51. The summed E-state index contributed by atoms with van der Waals surface area (Å²) in [5.74, 6) is -0.0233. The fourth-order valence-electron chi connectivity index (χ4n) is 2.58. The lowest BCUT2D eigenvalue weighted by molar-refractivity contribution is -0.385. The second-order valence-corrected chi connectivity index (χ2v) is 6.72. The van der Waals surface area contributed by atoms with Crippen molar-refractivity contribution in [3.05, 3.63) is 79.2 Å². The molecule has 0 saturated carbocycles. The van der Waals surface area contributed by atoms with Crippen LogP contribution in [0.4, 0.5) is 5.69 Å². The van der Waals surface area contributed by atoms with Gasteiger partial charge in [0.2, 0.25) is 0 Å². The van der Waals surface area contributed by atoms with Gasteiger partial charge in [-0.15, -0.1) is 0 Å². The molecular weight excluding hydrogens is 424 g/mol. The van der Waals surface area contributed by atoms with Gasteiger partial charge < -0.3 is 0 Å². The number of ketones is 1. The highest BCUT2D eigenvalue weighted by molar-refractivity contribution is 9.10. The van der Waals surface area contributed by atoms with Crippen molar-refractivity contribution in [3.8, 4) is 5.82 Å². The van der Waals surface area contributed by atoms with Crippen LogP contribution in [0.1, 0.15) is 21.6 Å². The molecule has 0 spiro atoms. The molecule has 0 saturated heterocycles. The van der Waals surface area contributed by atoms with Crippen molar-refractivity contribution >= 4 is 39.0 Å². The Labute approximate surface area is 161 Å². The van der Waals surface area contributed by atoms with Gasteiger partial charge in [-0.05, 0) is 40.5 Å². The van der Waals surface area contributed by atoms with E-state index in [0.717, 1.165) is 0 Å². The first-order chi connectivity index (χ1) is 12.4. The number of hydrogen-bond acceptors (Lipinski definition) is 5. The van der Waals surface area contributed by atoms with Crippen LogP contribution < -0.4 is 0 Å². The van der Waals surface area contributed by atoms with Gasteiger partial charge in [-0.3, -0.25) is 14.9 Å². The van der Waals surface area contributed by atoms with Gasteiger partial charge in [0.1, 0.15) is 10.3 Å². The summed E-state index contributed by atoms with van der Waals surface area (Å²) >= 11 is 9.41. The number of nitro groups is 1. The highest BCUT2D eigenvalue weighted by Gasteiger charge is 2.23. The average molecular weight is 436 g/mol. The molecule has 26 heavy (non-hydrogen) atoms. The van der Waals surface area contributed by atoms with E-state index in [4.69, 9.17) is 11.6 Å². The number of aryl methyl sites for hydroxylation is 1. The van der Waals surface area contributed by atoms with Crippen LogP contribution in [0.15, 0.2) is 47.2 Å². The van der Waals surface area contributed by atoms with E-state index in [1.165, 1.54) is 23.0 Å². The van der Waals surface area contributed by atoms with Crippen molar-refractivity contribution in [2.75, 3.05) is 0 Å². The van der Waals surface area contributed by atoms with E-state index >= 15 is 0 Å². The Morgan fingerprint density at radius 1 is 1.35 bits per heavy atom. The van der Waals surface area contributed by atoms with E-state index in [-0.39, 0.29) is 23.6 Å². The molecule has 1 aromatic carbocycles. The van der Waals surface area contributed by atoms with Gasteiger partial charge in [0, 0.05) is 30.3 Å². The van der Waals surface area contributed by atoms with E-state index < -0.39 is 4.92 Å². The fraction of sp³-hybridized carbons (Fsp3) is 0.118. The smallest absolute Gasteiger partial charge is 0.273 e. The first-order valence-electron chi connectivity index (χ1n) is 7.51. The monoisotopic (exact) mass is 434 g/mol. The van der Waals surface area contributed by atoms with Crippen LogP contribution in [-0.4, -0.2) is 25.5 Å². The normalized spacial score (nSPS) is 10.7. The van der Waals surface area contributed by atoms with Crippen molar-refractivity contribution in [1.29, 1.82) is 0 Å². The number of rotatable bonds is 5. The zero-order valence-electron chi connectivity index (χ0n) is 13.5. The summed E-state index contributed by atoms with van der Waals surface area (Å²) in [4.78, 5) is 27.8. The number of carbonyl (C=O) groups is 1. The van der Waals surface area contributed by atoms with Gasteiger partial charge in [-0.25, -0.2) is 9.67 Å². The zero-order chi connectivity index (χ0) is 18.8. The molecule has 0 radical (unpaired) electrons. The van der Waals surface area contributed by atoms with Crippen LogP contribution in [0.25, 0.3) is 5.82 Å². The van der Waals surface area contributed by atoms with Crippen LogP contribution >= 0.6 is 27.5 Å². The molecule has 0 unspecified atom stereocenters. The Balaban J connectivity index is 2.04. The standard InChI is InChI=1S/C17H12BrClN4O3/c1-10-4-2-6-13(23(25)26)11(10)8-15(24)14-9-16(18)21-22(14)17-12(19)5-3-7-20-17/h2-7,9H,8H2,1H3. The van der Waals surface area contributed by atoms with Crippen LogP contribution in [0.2, 0.25) is 5.02 Å². The topological polar surface area (TPSA) is 90.9 Å². The lowest BCUT2D eigenvalue weighted by Gasteiger charge is -2.09. The van der Waals surface area contributed by atoms with Crippen LogP contribution in [0, 0.1) is 17.0 Å². The summed E-state index contributed by atoms with van der Waals surface area (Å²) in [6.45, 7) is 1.73. The number of carbonyl (C=O) groups excluding carboxylic acids is 1. The molecule has 0 fully saturated rings. The quantitative estimate of drug-likeness (QED) is 0.338. The third kappa shape index (κ3) is 3.51. The summed E-state index contributed by atoms with van der Waals surface area (Å²) in [5, 5.41) is 15.8. The molecule has 0 aliphatic heterocycles. The largest absolute Gasteiger partial charge is 0.292 e. The van der Waals surface area contributed by atoms with Gasteiger partial charge in [0.15, 0.2) is 11.6 Å². The van der Waals surface area contributed by atoms with Crippen molar-refractivity contribution in [3.63, 3.8) is 0 Å². The van der Waals surface area contributed by atoms with Gasteiger partial charge in [0.25, 0.3) is 5.69 Å². The van der Waals surface area contributed by atoms with Crippen molar-refractivity contribution in [1.82, 2.24) is 14.8 Å². The lowest BCUT2D eigenvalue weighted by atomic mass is 10.00. The van der Waals surface area contributed by atoms with Gasteiger partial charge in [-0.2, -0.15) is 5.10 Å². The molecule has 9 heteroatoms. The maximum Gasteiger partial charge on any atom is 0.273 e. The number of hydrogen-bond donors (Lipinski definition) is 0. The van der Waals surface area contributed by atoms with Gasteiger partial charge >= 0.3 is 0 Å². The maximum absolute atomic E-state index is 12.9. The molecule has 7 nitrogen and oxygen atoms in total. The molecule has 3 rings (SSSR count). The lowest BCUT2D eigenvalue weighted by Crippen LogP contribution is -2.14. The molecule has 0 atom stereocenters. The molecule has 3 aromatic rings. The van der Waals surface area contributed by atoms with Crippen molar-refractivity contribution < 1.29 is 9.72 Å². The summed E-state index contributed by atoms with van der Waals surface area (Å²) < 4.78 is 1.76. The Hall–Kier alpha value is -2.58. The van der Waals surface area contributed by atoms with Crippen LogP contribution in [0.5, 0.6) is 0 Å². The van der Waals surface area contributed by atoms with Crippen LogP contribution in [-0.2, 0) is 6.42 Å². The number of nitro benzene ring substituents is 1. The van der Waals surface area contributed by atoms with E-state index in [2.05, 4.69) is 26.0 Å². The molecule has 0 amide bonds. The molecule has 132 valence electrons. The Kier molecular flexibility index (Phi) is 5.15. The predicted octanol–water partition coefficient (Wildman–Crippen LogP) is 4.33. The Morgan fingerprint density at radius 3 is 2.81 bits per heavy atom. The molecule has 0 aliphatic rings. The summed E-state index contributed by atoms with van der Waals surface area (Å²) in [5.41, 5.74) is 1.20. The van der Waals surface area contributed by atoms with E-state index in [1.54, 1.807) is 31.2 Å². The number of benzene rings is 1. The Morgan fingerprint density at radius 2 is 2.12 bits per heavy atom. The molecule has 2 aromatic heterocycles. The molecule has 0 bridgehead atoms. The number of halogens is 2. The number of Topliss-reactive ketones (excluding diaryl/α,β-unsaturated/α-hetero) is 1. The highest BCUT2D eigenvalue weighted by atomic mass is 79.9. The minimum Gasteiger partial charge on any atom is -0.292 e. The number of pyridine rings is 1. The maximum atomic E-state index is 12.9. The number of nitrogens with zero attached hydrogens (tertiary/aromatic N) is 4. The molecule has 2 heterocycles. The van der Waals surface area contributed by atoms with Crippen molar-refractivity contribution in [2.45, 2.75) is 13.3 Å². The fourth-order valence-corrected chi connectivity index (χ4v) is 3.16. The van der Waals surface area contributed by atoms with E-state index in [0.29, 0.717) is 26.6 Å². The zero-order valence-corrected chi connectivity index (χ0v) is 15.9. The minimum absolute atomic E-state index is 0.0839.